The number of H-pyrrole nitrogens is 2. The van der Waals surface area contributed by atoms with Crippen LogP contribution in [0.1, 0.15) is 32.1 Å². The summed E-state index contributed by atoms with van der Waals surface area (Å²) in [6.07, 6.45) is 1.66. The van der Waals surface area contributed by atoms with Crippen molar-refractivity contribution in [3.63, 3.8) is 0 Å². The number of aromatic amines is 2. The summed E-state index contributed by atoms with van der Waals surface area (Å²) in [6.45, 7) is 1.50. The van der Waals surface area contributed by atoms with E-state index in [0.717, 1.165) is 51.7 Å². The highest BCUT2D eigenvalue weighted by atomic mass is 16.4. The Balaban J connectivity index is 1.41. The molecule has 7 nitrogen and oxygen atoms in total. The highest BCUT2D eigenvalue weighted by Gasteiger charge is 2.29. The predicted octanol–water partition coefficient (Wildman–Crippen LogP) is 3.52. The van der Waals surface area contributed by atoms with Gasteiger partial charge in [-0.25, -0.2) is 4.79 Å². The maximum atomic E-state index is 13.3. The van der Waals surface area contributed by atoms with Crippen molar-refractivity contribution in [2.45, 2.75) is 12.8 Å². The van der Waals surface area contributed by atoms with Crippen LogP contribution in [0.5, 0.6) is 0 Å². The van der Waals surface area contributed by atoms with Crippen LogP contribution in [0.4, 0.5) is 11.4 Å². The molecule has 0 fully saturated rings. The molecule has 0 unspecified atom stereocenters. The summed E-state index contributed by atoms with van der Waals surface area (Å²) in [5.41, 5.74) is 6.77. The fraction of sp³-hybridized carbons (Fsp3) is 0.182. The lowest BCUT2D eigenvalue weighted by atomic mass is 10.1. The fourth-order valence-electron chi connectivity index (χ4n) is 4.72. The molecule has 0 saturated heterocycles. The zero-order chi connectivity index (χ0) is 19.7. The number of carbonyl (C=O) groups excluding carboxylic acids is 1. The number of nitrogens with zero attached hydrogens (tertiary/aromatic N) is 1. The van der Waals surface area contributed by atoms with Crippen molar-refractivity contribution >= 4 is 45.1 Å². The van der Waals surface area contributed by atoms with Crippen LogP contribution in [0.15, 0.2) is 36.4 Å². The minimum atomic E-state index is -0.985. The van der Waals surface area contributed by atoms with Gasteiger partial charge in [0.05, 0.1) is 0 Å². The van der Waals surface area contributed by atoms with Crippen LogP contribution in [-0.4, -0.2) is 40.0 Å². The monoisotopic (exact) mass is 386 g/mol. The van der Waals surface area contributed by atoms with Gasteiger partial charge in [0.1, 0.15) is 11.4 Å². The van der Waals surface area contributed by atoms with Crippen molar-refractivity contribution in [2.24, 2.45) is 0 Å². The predicted molar refractivity (Wildman–Crippen MR) is 111 cm³/mol. The number of benzene rings is 2. The molecule has 2 aromatic heterocycles. The normalized spacial score (nSPS) is 15.0. The highest BCUT2D eigenvalue weighted by Crippen LogP contribution is 2.36. The van der Waals surface area contributed by atoms with Crippen molar-refractivity contribution in [2.75, 3.05) is 23.3 Å². The van der Waals surface area contributed by atoms with Crippen LogP contribution < -0.4 is 10.2 Å². The average molecular weight is 386 g/mol. The molecule has 2 aliphatic heterocycles. The van der Waals surface area contributed by atoms with Crippen LogP contribution in [0.2, 0.25) is 0 Å². The van der Waals surface area contributed by atoms with Crippen LogP contribution in [0, 0.1) is 0 Å². The number of hydrogen-bond donors (Lipinski definition) is 4. The molecule has 1 amide bonds. The fourth-order valence-corrected chi connectivity index (χ4v) is 4.72. The molecule has 0 radical (unpaired) electrons. The number of aromatic nitrogens is 2. The third kappa shape index (κ3) is 2.24. The van der Waals surface area contributed by atoms with E-state index in [1.54, 1.807) is 11.0 Å². The quantitative estimate of drug-likeness (QED) is 0.423. The van der Waals surface area contributed by atoms with Gasteiger partial charge in [-0.2, -0.15) is 0 Å². The van der Waals surface area contributed by atoms with Gasteiger partial charge in [0.2, 0.25) is 0 Å². The molecular weight excluding hydrogens is 368 g/mol. The maximum Gasteiger partial charge on any atom is 0.352 e. The summed E-state index contributed by atoms with van der Waals surface area (Å²) in [7, 11) is 0. The molecule has 0 saturated carbocycles. The third-order valence-corrected chi connectivity index (χ3v) is 6.08. The first kappa shape index (κ1) is 16.2. The standard InChI is InChI=1S/C22H18N4O3/c27-21(18-9-13-11-5-7-23-15(11)1-2-16(13)24-18)26-8-6-12-14-10-19(22(28)29)25-17(14)3-4-20(12)26/h1-4,9-10,23-25H,5-8H2,(H,28,29). The molecule has 0 spiro atoms. The Morgan fingerprint density at radius 3 is 2.45 bits per heavy atom. The maximum absolute atomic E-state index is 13.3. The van der Waals surface area contributed by atoms with E-state index >= 15 is 0 Å². The van der Waals surface area contributed by atoms with E-state index < -0.39 is 5.97 Å². The van der Waals surface area contributed by atoms with E-state index in [0.29, 0.717) is 18.7 Å². The van der Waals surface area contributed by atoms with Gasteiger partial charge in [-0.15, -0.1) is 0 Å². The molecule has 4 aromatic rings. The number of aromatic carboxylic acids is 1. The van der Waals surface area contributed by atoms with Gasteiger partial charge < -0.3 is 25.3 Å². The molecular formula is C22H18N4O3. The Hall–Kier alpha value is -3.74. The van der Waals surface area contributed by atoms with E-state index in [4.69, 9.17) is 0 Å². The van der Waals surface area contributed by atoms with E-state index in [1.165, 1.54) is 5.56 Å². The van der Waals surface area contributed by atoms with E-state index in [9.17, 15) is 14.7 Å². The topological polar surface area (TPSA) is 101 Å². The number of carboxylic acids is 1. The number of amides is 1. The van der Waals surface area contributed by atoms with E-state index in [-0.39, 0.29) is 11.6 Å². The number of rotatable bonds is 2. The van der Waals surface area contributed by atoms with Crippen molar-refractivity contribution < 1.29 is 14.7 Å². The second kappa shape index (κ2) is 5.64. The van der Waals surface area contributed by atoms with Gasteiger partial charge >= 0.3 is 5.97 Å². The smallest absolute Gasteiger partial charge is 0.352 e. The van der Waals surface area contributed by atoms with Crippen LogP contribution in [0.25, 0.3) is 21.8 Å². The Morgan fingerprint density at radius 2 is 1.62 bits per heavy atom. The molecule has 2 aromatic carbocycles. The van der Waals surface area contributed by atoms with Crippen LogP contribution in [-0.2, 0) is 12.8 Å². The average Bonchev–Trinajstić information content (AvgIpc) is 3.49. The van der Waals surface area contributed by atoms with Gasteiger partial charge in [-0.05, 0) is 60.4 Å². The lowest BCUT2D eigenvalue weighted by Crippen LogP contribution is -2.29. The first-order chi connectivity index (χ1) is 14.1. The van der Waals surface area contributed by atoms with Crippen molar-refractivity contribution in [3.05, 3.63) is 58.9 Å². The van der Waals surface area contributed by atoms with Crippen molar-refractivity contribution in [1.82, 2.24) is 9.97 Å². The Morgan fingerprint density at radius 1 is 0.897 bits per heavy atom. The molecule has 0 bridgehead atoms. The minimum Gasteiger partial charge on any atom is -0.477 e. The Bertz CT molecular complexity index is 1350. The molecule has 144 valence electrons. The van der Waals surface area contributed by atoms with Gasteiger partial charge in [0.15, 0.2) is 0 Å². The summed E-state index contributed by atoms with van der Waals surface area (Å²) < 4.78 is 0. The van der Waals surface area contributed by atoms with Gasteiger partial charge in [-0.3, -0.25) is 4.79 Å². The lowest BCUT2D eigenvalue weighted by Gasteiger charge is -2.16. The zero-order valence-corrected chi connectivity index (χ0v) is 15.5. The highest BCUT2D eigenvalue weighted by molar-refractivity contribution is 6.11. The number of nitrogens with one attached hydrogen (secondary N) is 3. The number of hydrogen-bond acceptors (Lipinski definition) is 3. The summed E-state index contributed by atoms with van der Waals surface area (Å²) in [5.74, 6) is -1.05. The number of anilines is 2. The number of carbonyl (C=O) groups is 2. The molecule has 0 aliphatic carbocycles. The molecule has 29 heavy (non-hydrogen) atoms. The molecule has 2 aliphatic rings. The molecule has 4 heterocycles. The summed E-state index contributed by atoms with van der Waals surface area (Å²) >= 11 is 0. The molecule has 7 heteroatoms. The third-order valence-electron chi connectivity index (χ3n) is 6.08. The Labute approximate surface area is 165 Å². The number of carboxylic acid groups (broad SMARTS) is 1. The summed E-state index contributed by atoms with van der Waals surface area (Å²) in [4.78, 5) is 32.6. The first-order valence-electron chi connectivity index (χ1n) is 9.68. The minimum absolute atomic E-state index is 0.0620. The second-order valence-corrected chi connectivity index (χ2v) is 7.63. The lowest BCUT2D eigenvalue weighted by molar-refractivity contribution is 0.0691. The molecule has 6 rings (SSSR count). The second-order valence-electron chi connectivity index (χ2n) is 7.63. The van der Waals surface area contributed by atoms with Gasteiger partial charge in [-0.1, -0.05) is 0 Å². The van der Waals surface area contributed by atoms with Gasteiger partial charge in [0.25, 0.3) is 5.91 Å². The summed E-state index contributed by atoms with van der Waals surface area (Å²) in [6, 6.07) is 11.4. The zero-order valence-electron chi connectivity index (χ0n) is 15.5. The molecule has 0 atom stereocenters. The van der Waals surface area contributed by atoms with E-state index in [1.807, 2.05) is 24.3 Å². The van der Waals surface area contributed by atoms with Crippen molar-refractivity contribution in [3.8, 4) is 0 Å². The van der Waals surface area contributed by atoms with Crippen molar-refractivity contribution in [1.29, 1.82) is 0 Å². The Kier molecular flexibility index (Phi) is 3.16. The van der Waals surface area contributed by atoms with E-state index in [2.05, 4.69) is 21.4 Å². The largest absolute Gasteiger partial charge is 0.477 e. The van der Waals surface area contributed by atoms with Gasteiger partial charge in [0, 0.05) is 46.3 Å². The molecule has 4 N–H and O–H groups in total. The number of fused-ring (bicyclic) bond motifs is 6. The summed E-state index contributed by atoms with van der Waals surface area (Å²) in [5, 5.41) is 14.6. The van der Waals surface area contributed by atoms with Crippen LogP contribution >= 0.6 is 0 Å². The SMILES string of the molecule is O=C(O)c1cc2c3c(ccc2[nH]1)N(C(=O)c1cc2c4c(ccc2[nH]1)NCC4)CC3. The van der Waals surface area contributed by atoms with Crippen LogP contribution in [0.3, 0.4) is 0 Å². The first-order valence-corrected chi connectivity index (χ1v) is 9.68.